The fourth-order valence-electron chi connectivity index (χ4n) is 1.37. The van der Waals surface area contributed by atoms with E-state index in [4.69, 9.17) is 18.0 Å². The minimum atomic E-state index is 0.464. The third kappa shape index (κ3) is 4.80. The second-order valence-electron chi connectivity index (χ2n) is 3.40. The Morgan fingerprint density at radius 3 is 2.82 bits per heavy atom. The molecule has 0 saturated heterocycles. The van der Waals surface area contributed by atoms with Gasteiger partial charge in [-0.05, 0) is 18.1 Å². The van der Waals surface area contributed by atoms with Crippen LogP contribution < -0.4 is 10.6 Å². The Balaban J connectivity index is 2.37. The van der Waals surface area contributed by atoms with Crippen LogP contribution in [0.15, 0.2) is 29.3 Å². The smallest absolute Gasteiger partial charge is 0.191 e. The van der Waals surface area contributed by atoms with Crippen molar-refractivity contribution in [3.05, 3.63) is 34.9 Å². The van der Waals surface area contributed by atoms with E-state index in [2.05, 4.69) is 21.5 Å². The van der Waals surface area contributed by atoms with E-state index in [1.54, 1.807) is 7.05 Å². The first kappa shape index (κ1) is 13.4. The number of nitrogens with zero attached hydrogens (tertiary/aromatic N) is 1. The molecule has 90 valence electrons. The summed E-state index contributed by atoms with van der Waals surface area (Å²) in [5.41, 5.74) is 1.12. The molecule has 1 aromatic carbocycles. The highest BCUT2D eigenvalue weighted by Gasteiger charge is 1.99. The number of hydrogen-bond donors (Lipinski definition) is 2. The Morgan fingerprint density at radius 1 is 1.41 bits per heavy atom. The van der Waals surface area contributed by atoms with Crippen molar-refractivity contribution in [3.8, 4) is 12.3 Å². The van der Waals surface area contributed by atoms with E-state index >= 15 is 0 Å². The molecule has 17 heavy (non-hydrogen) atoms. The summed E-state index contributed by atoms with van der Waals surface area (Å²) in [4.78, 5) is 4.05. The van der Waals surface area contributed by atoms with Gasteiger partial charge in [-0.15, -0.1) is 6.42 Å². The highest BCUT2D eigenvalue weighted by atomic mass is 35.5. The van der Waals surface area contributed by atoms with Gasteiger partial charge in [0.2, 0.25) is 0 Å². The number of benzene rings is 1. The molecule has 0 spiro atoms. The predicted molar refractivity (Wildman–Crippen MR) is 73.4 cm³/mol. The summed E-state index contributed by atoms with van der Waals surface area (Å²) in [6.45, 7) is 1.22. The van der Waals surface area contributed by atoms with Gasteiger partial charge in [0, 0.05) is 18.6 Å². The number of aliphatic imine (C=N–C) groups is 1. The summed E-state index contributed by atoms with van der Waals surface area (Å²) < 4.78 is 0. The van der Waals surface area contributed by atoms with Gasteiger partial charge >= 0.3 is 0 Å². The maximum absolute atomic E-state index is 6.06. The Bertz CT molecular complexity index is 421. The van der Waals surface area contributed by atoms with Gasteiger partial charge in [0.15, 0.2) is 5.96 Å². The summed E-state index contributed by atoms with van der Waals surface area (Å²) in [6.07, 6.45) is 6.00. The first-order chi connectivity index (χ1) is 8.27. The SMILES string of the molecule is C#CCNC(=NC)NCCc1ccccc1Cl. The Labute approximate surface area is 107 Å². The minimum Gasteiger partial charge on any atom is -0.356 e. The number of halogens is 1. The molecule has 0 heterocycles. The Kier molecular flexibility index (Phi) is 5.98. The molecule has 0 fully saturated rings. The van der Waals surface area contributed by atoms with E-state index in [-0.39, 0.29) is 0 Å². The molecule has 1 rings (SSSR count). The number of nitrogens with one attached hydrogen (secondary N) is 2. The number of rotatable bonds is 4. The lowest BCUT2D eigenvalue weighted by atomic mass is 10.1. The summed E-state index contributed by atoms with van der Waals surface area (Å²) in [7, 11) is 1.71. The second kappa shape index (κ2) is 7.59. The lowest BCUT2D eigenvalue weighted by molar-refractivity contribution is 0.824. The van der Waals surface area contributed by atoms with Crippen molar-refractivity contribution in [2.45, 2.75) is 6.42 Å². The molecule has 4 heteroatoms. The van der Waals surface area contributed by atoms with Gasteiger partial charge in [0.05, 0.1) is 6.54 Å². The fraction of sp³-hybridized carbons (Fsp3) is 0.308. The molecule has 0 aliphatic carbocycles. The van der Waals surface area contributed by atoms with E-state index < -0.39 is 0 Å². The molecule has 0 radical (unpaired) electrons. The van der Waals surface area contributed by atoms with E-state index in [1.807, 2.05) is 24.3 Å². The van der Waals surface area contributed by atoms with Crippen LogP contribution >= 0.6 is 11.6 Å². The molecule has 0 unspecified atom stereocenters. The quantitative estimate of drug-likeness (QED) is 0.484. The monoisotopic (exact) mass is 249 g/mol. The summed E-state index contributed by atoms with van der Waals surface area (Å²) >= 11 is 6.06. The van der Waals surface area contributed by atoms with Crippen LogP contribution in [0.25, 0.3) is 0 Å². The zero-order valence-corrected chi connectivity index (χ0v) is 10.6. The van der Waals surface area contributed by atoms with Crippen molar-refractivity contribution >= 4 is 17.6 Å². The van der Waals surface area contributed by atoms with Gasteiger partial charge in [-0.3, -0.25) is 4.99 Å². The molecule has 0 amide bonds. The van der Waals surface area contributed by atoms with Crippen molar-refractivity contribution in [3.63, 3.8) is 0 Å². The lowest BCUT2D eigenvalue weighted by Gasteiger charge is -2.10. The fourth-order valence-corrected chi connectivity index (χ4v) is 1.60. The summed E-state index contributed by atoms with van der Waals surface area (Å²) in [6, 6.07) is 7.81. The minimum absolute atomic E-state index is 0.464. The van der Waals surface area contributed by atoms with Crippen molar-refractivity contribution in [2.75, 3.05) is 20.1 Å². The molecule has 0 saturated carbocycles. The van der Waals surface area contributed by atoms with Gasteiger partial charge in [-0.25, -0.2) is 0 Å². The number of guanidine groups is 1. The lowest BCUT2D eigenvalue weighted by Crippen LogP contribution is -2.38. The molecule has 0 bridgehead atoms. The third-order valence-corrected chi connectivity index (χ3v) is 2.59. The summed E-state index contributed by atoms with van der Waals surface area (Å²) in [5, 5.41) is 6.95. The van der Waals surface area contributed by atoms with E-state index in [0.29, 0.717) is 12.5 Å². The predicted octanol–water partition coefficient (Wildman–Crippen LogP) is 1.68. The molecule has 2 N–H and O–H groups in total. The average molecular weight is 250 g/mol. The maximum Gasteiger partial charge on any atom is 0.191 e. The van der Waals surface area contributed by atoms with Crippen molar-refractivity contribution in [1.82, 2.24) is 10.6 Å². The van der Waals surface area contributed by atoms with Gasteiger partial charge in [-0.2, -0.15) is 0 Å². The van der Waals surface area contributed by atoms with Crippen LogP contribution in [0.4, 0.5) is 0 Å². The Hall–Kier alpha value is -1.66. The Morgan fingerprint density at radius 2 is 2.18 bits per heavy atom. The van der Waals surface area contributed by atoms with E-state index in [9.17, 15) is 0 Å². The van der Waals surface area contributed by atoms with Gasteiger partial charge < -0.3 is 10.6 Å². The van der Waals surface area contributed by atoms with E-state index in [0.717, 1.165) is 23.6 Å². The third-order valence-electron chi connectivity index (χ3n) is 2.23. The van der Waals surface area contributed by atoms with Crippen LogP contribution in [-0.4, -0.2) is 26.1 Å². The van der Waals surface area contributed by atoms with Crippen molar-refractivity contribution < 1.29 is 0 Å². The average Bonchev–Trinajstić information content (AvgIpc) is 2.35. The molecule has 1 aromatic rings. The van der Waals surface area contributed by atoms with Crippen molar-refractivity contribution in [1.29, 1.82) is 0 Å². The van der Waals surface area contributed by atoms with Crippen LogP contribution in [0.5, 0.6) is 0 Å². The number of hydrogen-bond acceptors (Lipinski definition) is 1. The standard InChI is InChI=1S/C13H16ClN3/c1-3-9-16-13(15-2)17-10-8-11-6-4-5-7-12(11)14/h1,4-7H,8-10H2,2H3,(H2,15,16,17). The normalized spacial score (nSPS) is 10.8. The molecule has 0 atom stereocenters. The maximum atomic E-state index is 6.06. The van der Waals surface area contributed by atoms with Gasteiger partial charge in [-0.1, -0.05) is 35.7 Å². The summed E-state index contributed by atoms with van der Waals surface area (Å²) in [5.74, 6) is 3.20. The van der Waals surface area contributed by atoms with Gasteiger partial charge in [0.25, 0.3) is 0 Å². The van der Waals surface area contributed by atoms with Crippen LogP contribution in [0, 0.1) is 12.3 Å². The van der Waals surface area contributed by atoms with Gasteiger partial charge in [0.1, 0.15) is 0 Å². The van der Waals surface area contributed by atoms with Crippen molar-refractivity contribution in [2.24, 2.45) is 4.99 Å². The van der Waals surface area contributed by atoms with Crippen LogP contribution in [0.3, 0.4) is 0 Å². The molecular weight excluding hydrogens is 234 g/mol. The largest absolute Gasteiger partial charge is 0.356 e. The van der Waals surface area contributed by atoms with Crippen LogP contribution in [0.1, 0.15) is 5.56 Å². The molecular formula is C13H16ClN3. The molecule has 0 aromatic heterocycles. The topological polar surface area (TPSA) is 36.4 Å². The number of terminal acetylenes is 1. The zero-order valence-electron chi connectivity index (χ0n) is 9.83. The zero-order chi connectivity index (χ0) is 12.5. The highest BCUT2D eigenvalue weighted by Crippen LogP contribution is 2.14. The molecule has 0 aliphatic heterocycles. The highest BCUT2D eigenvalue weighted by molar-refractivity contribution is 6.31. The first-order valence-electron chi connectivity index (χ1n) is 5.39. The first-order valence-corrected chi connectivity index (χ1v) is 5.77. The second-order valence-corrected chi connectivity index (χ2v) is 3.81. The molecule has 0 aliphatic rings. The molecule has 3 nitrogen and oxygen atoms in total. The van der Waals surface area contributed by atoms with Crippen LogP contribution in [-0.2, 0) is 6.42 Å². The van der Waals surface area contributed by atoms with E-state index in [1.165, 1.54) is 0 Å². The van der Waals surface area contributed by atoms with Crippen LogP contribution in [0.2, 0.25) is 5.02 Å².